The lowest BCUT2D eigenvalue weighted by atomic mass is 9.96. The molecule has 0 spiro atoms. The van der Waals surface area contributed by atoms with Crippen LogP contribution in [0.5, 0.6) is 5.75 Å². The lowest BCUT2D eigenvalue weighted by molar-refractivity contribution is -0.150. The van der Waals surface area contributed by atoms with Gasteiger partial charge < -0.3 is 14.4 Å². The number of nitrogens with zero attached hydrogens (tertiary/aromatic N) is 1. The molecule has 0 aliphatic carbocycles. The zero-order chi connectivity index (χ0) is 18.8. The van der Waals surface area contributed by atoms with Crippen molar-refractivity contribution < 1.29 is 19.1 Å². The minimum atomic E-state index is -0.103. The third kappa shape index (κ3) is 6.04. The fourth-order valence-electron chi connectivity index (χ4n) is 3.25. The Morgan fingerprint density at radius 2 is 1.85 bits per heavy atom. The van der Waals surface area contributed by atoms with Gasteiger partial charge in [0.15, 0.2) is 0 Å². The van der Waals surface area contributed by atoms with Crippen LogP contribution in [-0.4, -0.2) is 43.6 Å². The Morgan fingerprint density at radius 3 is 2.54 bits per heavy atom. The lowest BCUT2D eigenvalue weighted by Crippen LogP contribution is -2.40. The van der Waals surface area contributed by atoms with Crippen molar-refractivity contribution in [3.63, 3.8) is 0 Å². The number of likely N-dealkylation sites (tertiary alicyclic amines) is 1. The molecule has 26 heavy (non-hydrogen) atoms. The topological polar surface area (TPSA) is 55.8 Å². The molecule has 2 rings (SSSR count). The number of unbranched alkanes of at least 4 members (excludes halogenated alkanes) is 4. The fraction of sp³-hybridized carbons (Fsp3) is 0.619. The van der Waals surface area contributed by atoms with Crippen LogP contribution in [0.15, 0.2) is 24.3 Å². The lowest BCUT2D eigenvalue weighted by Gasteiger charge is -2.31. The number of hydrogen-bond donors (Lipinski definition) is 0. The van der Waals surface area contributed by atoms with Crippen molar-refractivity contribution in [2.24, 2.45) is 5.92 Å². The second kappa shape index (κ2) is 10.8. The molecule has 1 aliphatic heterocycles. The third-order valence-electron chi connectivity index (χ3n) is 4.92. The summed E-state index contributed by atoms with van der Waals surface area (Å²) < 4.78 is 10.6. The number of rotatable bonds is 9. The minimum Gasteiger partial charge on any atom is -0.497 e. The van der Waals surface area contributed by atoms with Crippen molar-refractivity contribution in [2.75, 3.05) is 26.8 Å². The first-order valence-corrected chi connectivity index (χ1v) is 9.75. The average molecular weight is 361 g/mol. The Labute approximate surface area is 156 Å². The van der Waals surface area contributed by atoms with Crippen molar-refractivity contribution in [1.82, 2.24) is 4.90 Å². The van der Waals surface area contributed by atoms with Crippen molar-refractivity contribution in [1.29, 1.82) is 0 Å². The van der Waals surface area contributed by atoms with Gasteiger partial charge in [-0.1, -0.05) is 38.7 Å². The van der Waals surface area contributed by atoms with E-state index < -0.39 is 0 Å². The Hall–Kier alpha value is -2.04. The minimum absolute atomic E-state index is 0.00774. The van der Waals surface area contributed by atoms with Gasteiger partial charge in [0.25, 0.3) is 5.91 Å². The van der Waals surface area contributed by atoms with Crippen LogP contribution in [-0.2, 0) is 9.53 Å². The van der Waals surface area contributed by atoms with Crippen molar-refractivity contribution in [2.45, 2.75) is 51.9 Å². The molecule has 1 fully saturated rings. The van der Waals surface area contributed by atoms with E-state index in [2.05, 4.69) is 6.92 Å². The summed E-state index contributed by atoms with van der Waals surface area (Å²) in [5, 5.41) is 0. The molecule has 1 aromatic rings. The highest BCUT2D eigenvalue weighted by Gasteiger charge is 2.28. The molecular formula is C21H31NO4. The number of carbonyl (C=O) groups is 2. The molecule has 0 bridgehead atoms. The molecule has 0 aromatic heterocycles. The first kappa shape index (κ1) is 20.3. The molecule has 1 saturated heterocycles. The maximum atomic E-state index is 12.6. The largest absolute Gasteiger partial charge is 0.497 e. The van der Waals surface area contributed by atoms with E-state index in [0.29, 0.717) is 43.9 Å². The zero-order valence-electron chi connectivity index (χ0n) is 16.0. The van der Waals surface area contributed by atoms with Crippen LogP contribution in [0.2, 0.25) is 0 Å². The van der Waals surface area contributed by atoms with Gasteiger partial charge in [0.1, 0.15) is 5.75 Å². The number of methoxy groups -OCH3 is 1. The highest BCUT2D eigenvalue weighted by Crippen LogP contribution is 2.22. The summed E-state index contributed by atoms with van der Waals surface area (Å²) in [6, 6.07) is 7.18. The van der Waals surface area contributed by atoms with Gasteiger partial charge in [-0.05, 0) is 37.5 Å². The molecule has 1 heterocycles. The molecule has 1 aliphatic rings. The standard InChI is InChI=1S/C21H31NO4/c1-3-4-5-6-7-15-26-21(24)17-11-13-22(14-12-17)20(23)18-9-8-10-19(16-18)25-2/h8-10,16-17H,3-7,11-15H2,1-2H3. The highest BCUT2D eigenvalue weighted by atomic mass is 16.5. The summed E-state index contributed by atoms with van der Waals surface area (Å²) in [6.07, 6.45) is 7.07. The monoisotopic (exact) mass is 361 g/mol. The quantitative estimate of drug-likeness (QED) is 0.492. The summed E-state index contributed by atoms with van der Waals surface area (Å²) in [5.41, 5.74) is 0.623. The first-order valence-electron chi connectivity index (χ1n) is 9.75. The SMILES string of the molecule is CCCCCCCOC(=O)C1CCN(C(=O)c2cccc(OC)c2)CC1. The molecule has 0 radical (unpaired) electrons. The van der Waals surface area contributed by atoms with Gasteiger partial charge in [0, 0.05) is 18.7 Å². The number of carbonyl (C=O) groups excluding carboxylic acids is 2. The molecule has 5 nitrogen and oxygen atoms in total. The third-order valence-corrected chi connectivity index (χ3v) is 4.92. The van der Waals surface area contributed by atoms with Crippen LogP contribution in [0, 0.1) is 5.92 Å². The van der Waals surface area contributed by atoms with Gasteiger partial charge in [-0.2, -0.15) is 0 Å². The van der Waals surface area contributed by atoms with Gasteiger partial charge in [0.2, 0.25) is 0 Å². The Morgan fingerprint density at radius 1 is 1.12 bits per heavy atom. The summed E-state index contributed by atoms with van der Waals surface area (Å²) in [6.45, 7) is 3.88. The van der Waals surface area contributed by atoms with E-state index >= 15 is 0 Å². The van der Waals surface area contributed by atoms with E-state index in [-0.39, 0.29) is 17.8 Å². The van der Waals surface area contributed by atoms with Crippen molar-refractivity contribution >= 4 is 11.9 Å². The molecule has 144 valence electrons. The summed E-state index contributed by atoms with van der Waals surface area (Å²) in [7, 11) is 1.59. The van der Waals surface area contributed by atoms with E-state index in [1.54, 1.807) is 19.2 Å². The number of ether oxygens (including phenoxy) is 2. The van der Waals surface area contributed by atoms with E-state index in [1.807, 2.05) is 17.0 Å². The molecule has 5 heteroatoms. The molecule has 0 atom stereocenters. The second-order valence-corrected chi connectivity index (χ2v) is 6.88. The Kier molecular flexibility index (Phi) is 8.45. The van der Waals surface area contributed by atoms with E-state index in [1.165, 1.54) is 19.3 Å². The van der Waals surface area contributed by atoms with Gasteiger partial charge in [-0.3, -0.25) is 9.59 Å². The smallest absolute Gasteiger partial charge is 0.309 e. The number of esters is 1. The number of benzene rings is 1. The number of piperidine rings is 1. The predicted molar refractivity (Wildman–Crippen MR) is 101 cm³/mol. The van der Waals surface area contributed by atoms with Crippen LogP contribution in [0.4, 0.5) is 0 Å². The van der Waals surface area contributed by atoms with Gasteiger partial charge >= 0.3 is 5.97 Å². The van der Waals surface area contributed by atoms with Gasteiger partial charge in [-0.15, -0.1) is 0 Å². The van der Waals surface area contributed by atoms with Crippen LogP contribution in [0.1, 0.15) is 62.2 Å². The molecule has 0 N–H and O–H groups in total. The highest BCUT2D eigenvalue weighted by molar-refractivity contribution is 5.94. The number of amides is 1. The zero-order valence-corrected chi connectivity index (χ0v) is 16.0. The van der Waals surface area contributed by atoms with Crippen molar-refractivity contribution in [3.8, 4) is 5.75 Å². The summed E-state index contributed by atoms with van der Waals surface area (Å²) in [4.78, 5) is 26.6. The van der Waals surface area contributed by atoms with E-state index in [9.17, 15) is 9.59 Å². The Balaban J connectivity index is 1.72. The van der Waals surface area contributed by atoms with E-state index in [4.69, 9.17) is 9.47 Å². The van der Waals surface area contributed by atoms with Crippen molar-refractivity contribution in [3.05, 3.63) is 29.8 Å². The number of hydrogen-bond acceptors (Lipinski definition) is 4. The average Bonchev–Trinajstić information content (AvgIpc) is 2.70. The van der Waals surface area contributed by atoms with Gasteiger partial charge in [0.05, 0.1) is 19.6 Å². The normalized spacial score (nSPS) is 14.9. The first-order chi connectivity index (χ1) is 12.7. The molecule has 1 amide bonds. The predicted octanol–water partition coefficient (Wildman–Crippen LogP) is 4.06. The van der Waals surface area contributed by atoms with E-state index in [0.717, 1.165) is 12.8 Å². The van der Waals surface area contributed by atoms with Gasteiger partial charge in [-0.25, -0.2) is 0 Å². The van der Waals surface area contributed by atoms with Crippen LogP contribution < -0.4 is 4.74 Å². The Bertz CT molecular complexity index is 579. The second-order valence-electron chi connectivity index (χ2n) is 6.88. The molecule has 1 aromatic carbocycles. The molecular weight excluding hydrogens is 330 g/mol. The summed E-state index contributed by atoms with van der Waals surface area (Å²) >= 11 is 0. The summed E-state index contributed by atoms with van der Waals surface area (Å²) in [5.74, 6) is 0.480. The molecule has 0 unspecified atom stereocenters. The maximum Gasteiger partial charge on any atom is 0.309 e. The van der Waals surface area contributed by atoms with Crippen LogP contribution in [0.25, 0.3) is 0 Å². The van der Waals surface area contributed by atoms with Crippen LogP contribution >= 0.6 is 0 Å². The molecule has 0 saturated carbocycles. The fourth-order valence-corrected chi connectivity index (χ4v) is 3.25. The van der Waals surface area contributed by atoms with Crippen LogP contribution in [0.3, 0.4) is 0 Å². The maximum absolute atomic E-state index is 12.6.